The minimum Gasteiger partial charge on any atom is -0.504 e. The molecule has 2 aromatic rings. The van der Waals surface area contributed by atoms with Crippen LogP contribution in [0, 0.1) is 5.82 Å². The lowest BCUT2D eigenvalue weighted by Crippen LogP contribution is -2.13. The normalized spacial score (nSPS) is 10.4. The van der Waals surface area contributed by atoms with E-state index < -0.39 is 11.7 Å². The van der Waals surface area contributed by atoms with E-state index in [-0.39, 0.29) is 31.5 Å². The van der Waals surface area contributed by atoms with Crippen molar-refractivity contribution in [3.63, 3.8) is 0 Å². The molecule has 0 aliphatic heterocycles. The average molecular weight is 379 g/mol. The van der Waals surface area contributed by atoms with Crippen molar-refractivity contribution in [2.24, 2.45) is 0 Å². The van der Waals surface area contributed by atoms with E-state index in [0.29, 0.717) is 0 Å². The summed E-state index contributed by atoms with van der Waals surface area (Å²) in [5, 5.41) is 12.4. The summed E-state index contributed by atoms with van der Waals surface area (Å²) in [6, 6.07) is 6.74. The van der Waals surface area contributed by atoms with Gasteiger partial charge in [0.25, 0.3) is 5.91 Å². The van der Waals surface area contributed by atoms with Gasteiger partial charge in [-0.05, 0) is 40.2 Å². The van der Waals surface area contributed by atoms with Crippen molar-refractivity contribution in [2.75, 3.05) is 5.32 Å². The highest BCUT2D eigenvalue weighted by Gasteiger charge is 2.16. The van der Waals surface area contributed by atoms with E-state index in [1.54, 1.807) is 0 Å². The van der Waals surface area contributed by atoms with Gasteiger partial charge in [-0.3, -0.25) is 4.79 Å². The summed E-state index contributed by atoms with van der Waals surface area (Å²) in [5.41, 5.74) is 0.129. The first-order valence-corrected chi connectivity index (χ1v) is 6.88. The molecule has 0 atom stereocenters. The third-order valence-corrected chi connectivity index (χ3v) is 3.78. The standard InChI is InChI=1S/C13H7BrCl2FNO2/c14-11-7(2-1-3-9(11)17)13(20)18-10-5-6(15)4-8(16)12(10)19/h1-5,19H,(H,18,20). The highest BCUT2D eigenvalue weighted by Crippen LogP contribution is 2.35. The Hall–Kier alpha value is -1.30. The van der Waals surface area contributed by atoms with Gasteiger partial charge in [0.2, 0.25) is 0 Å². The second-order valence-corrected chi connectivity index (χ2v) is 5.48. The van der Waals surface area contributed by atoms with Crippen LogP contribution in [0.25, 0.3) is 0 Å². The predicted molar refractivity (Wildman–Crippen MR) is 80.2 cm³/mol. The number of aromatic hydroxyl groups is 1. The van der Waals surface area contributed by atoms with Crippen LogP contribution in [0.3, 0.4) is 0 Å². The molecule has 0 aromatic heterocycles. The van der Waals surface area contributed by atoms with Crippen molar-refractivity contribution in [3.05, 3.63) is 56.2 Å². The lowest BCUT2D eigenvalue weighted by Gasteiger charge is -2.10. The molecule has 0 saturated carbocycles. The molecule has 3 nitrogen and oxygen atoms in total. The first-order chi connectivity index (χ1) is 9.40. The Morgan fingerprint density at radius 2 is 2.00 bits per heavy atom. The van der Waals surface area contributed by atoms with E-state index in [4.69, 9.17) is 23.2 Å². The van der Waals surface area contributed by atoms with Crippen LogP contribution >= 0.6 is 39.1 Å². The number of carbonyl (C=O) groups excluding carboxylic acids is 1. The van der Waals surface area contributed by atoms with Crippen LogP contribution < -0.4 is 5.32 Å². The maximum Gasteiger partial charge on any atom is 0.257 e. The molecule has 20 heavy (non-hydrogen) atoms. The second kappa shape index (κ2) is 5.99. The molecule has 1 amide bonds. The Morgan fingerprint density at radius 3 is 2.70 bits per heavy atom. The fraction of sp³-hybridized carbons (Fsp3) is 0. The third-order valence-electron chi connectivity index (χ3n) is 2.47. The molecule has 0 heterocycles. The van der Waals surface area contributed by atoms with Crippen LogP contribution in [-0.4, -0.2) is 11.0 Å². The molecule has 2 rings (SSSR count). The van der Waals surface area contributed by atoms with Crippen LogP contribution in [0.2, 0.25) is 10.0 Å². The summed E-state index contributed by atoms with van der Waals surface area (Å²) < 4.78 is 13.4. The molecule has 7 heteroatoms. The fourth-order valence-corrected chi connectivity index (χ4v) is 2.47. The van der Waals surface area contributed by atoms with Crippen LogP contribution in [-0.2, 0) is 0 Å². The Bertz CT molecular complexity index is 694. The van der Waals surface area contributed by atoms with Gasteiger partial charge in [-0.1, -0.05) is 29.3 Å². The zero-order valence-electron chi connectivity index (χ0n) is 9.75. The van der Waals surface area contributed by atoms with Crippen molar-refractivity contribution < 1.29 is 14.3 Å². The lowest BCUT2D eigenvalue weighted by atomic mass is 10.2. The number of nitrogens with one attached hydrogen (secondary N) is 1. The molecular weight excluding hydrogens is 372 g/mol. The zero-order valence-corrected chi connectivity index (χ0v) is 12.9. The predicted octanol–water partition coefficient (Wildman–Crippen LogP) is 4.85. The maximum absolute atomic E-state index is 13.4. The largest absolute Gasteiger partial charge is 0.504 e. The number of anilines is 1. The van der Waals surface area contributed by atoms with Crippen molar-refractivity contribution >= 4 is 50.7 Å². The summed E-state index contributed by atoms with van der Waals surface area (Å²) in [7, 11) is 0. The van der Waals surface area contributed by atoms with Gasteiger partial charge >= 0.3 is 0 Å². The summed E-state index contributed by atoms with van der Waals surface area (Å²) in [4.78, 5) is 12.1. The average Bonchev–Trinajstić information content (AvgIpc) is 2.38. The topological polar surface area (TPSA) is 49.3 Å². The molecule has 2 aromatic carbocycles. The highest BCUT2D eigenvalue weighted by atomic mass is 79.9. The summed E-state index contributed by atoms with van der Waals surface area (Å²) in [6.07, 6.45) is 0. The number of rotatable bonds is 2. The van der Waals surface area contributed by atoms with Gasteiger partial charge < -0.3 is 10.4 Å². The molecule has 2 N–H and O–H groups in total. The molecule has 0 aliphatic carbocycles. The van der Waals surface area contributed by atoms with Gasteiger partial charge in [0.05, 0.1) is 20.7 Å². The smallest absolute Gasteiger partial charge is 0.257 e. The molecule has 104 valence electrons. The summed E-state index contributed by atoms with van der Waals surface area (Å²) >= 11 is 14.5. The third kappa shape index (κ3) is 3.06. The van der Waals surface area contributed by atoms with Gasteiger partial charge in [0, 0.05) is 5.02 Å². The molecule has 0 fully saturated rings. The molecule has 0 unspecified atom stereocenters. The lowest BCUT2D eigenvalue weighted by molar-refractivity contribution is 0.102. The van der Waals surface area contributed by atoms with Crippen molar-refractivity contribution in [1.82, 2.24) is 0 Å². The minimum atomic E-state index is -0.606. The van der Waals surface area contributed by atoms with Gasteiger partial charge in [-0.15, -0.1) is 0 Å². The Morgan fingerprint density at radius 1 is 1.30 bits per heavy atom. The van der Waals surface area contributed by atoms with E-state index in [1.165, 1.54) is 30.3 Å². The molecule has 0 spiro atoms. The molecule has 0 bridgehead atoms. The van der Waals surface area contributed by atoms with Crippen LogP contribution in [0.1, 0.15) is 10.4 Å². The first-order valence-electron chi connectivity index (χ1n) is 5.33. The number of benzene rings is 2. The SMILES string of the molecule is O=C(Nc1cc(Cl)cc(Cl)c1O)c1cccc(F)c1Br. The number of hydrogen-bond donors (Lipinski definition) is 2. The number of hydrogen-bond acceptors (Lipinski definition) is 2. The van der Waals surface area contributed by atoms with Crippen LogP contribution in [0.15, 0.2) is 34.8 Å². The zero-order chi connectivity index (χ0) is 14.9. The van der Waals surface area contributed by atoms with E-state index in [9.17, 15) is 14.3 Å². The number of amides is 1. The molecule has 0 aliphatic rings. The van der Waals surface area contributed by atoms with E-state index in [2.05, 4.69) is 21.2 Å². The van der Waals surface area contributed by atoms with Gasteiger partial charge in [-0.25, -0.2) is 4.39 Å². The monoisotopic (exact) mass is 377 g/mol. The van der Waals surface area contributed by atoms with Crippen molar-refractivity contribution in [1.29, 1.82) is 0 Å². The number of phenolic OH excluding ortho intramolecular Hbond substituents is 1. The Kier molecular flexibility index (Phi) is 4.52. The molecule has 0 saturated heterocycles. The van der Waals surface area contributed by atoms with Crippen LogP contribution in [0.4, 0.5) is 10.1 Å². The Balaban J connectivity index is 2.35. The first kappa shape index (κ1) is 15.1. The number of carbonyl (C=O) groups is 1. The number of phenols is 1. The summed E-state index contributed by atoms with van der Waals surface area (Å²) in [6.45, 7) is 0. The summed E-state index contributed by atoms with van der Waals surface area (Å²) in [5.74, 6) is -1.48. The quantitative estimate of drug-likeness (QED) is 0.733. The van der Waals surface area contributed by atoms with Crippen LogP contribution in [0.5, 0.6) is 5.75 Å². The van der Waals surface area contributed by atoms with Gasteiger partial charge in [0.15, 0.2) is 5.75 Å². The van der Waals surface area contributed by atoms with Gasteiger partial charge in [-0.2, -0.15) is 0 Å². The van der Waals surface area contributed by atoms with Crippen molar-refractivity contribution in [2.45, 2.75) is 0 Å². The van der Waals surface area contributed by atoms with E-state index in [0.717, 1.165) is 0 Å². The van der Waals surface area contributed by atoms with E-state index in [1.807, 2.05) is 0 Å². The van der Waals surface area contributed by atoms with E-state index >= 15 is 0 Å². The molecular formula is C13H7BrCl2FNO2. The fourth-order valence-electron chi connectivity index (χ4n) is 1.53. The number of halogens is 4. The van der Waals surface area contributed by atoms with Crippen molar-refractivity contribution in [3.8, 4) is 5.75 Å². The highest BCUT2D eigenvalue weighted by molar-refractivity contribution is 9.10. The second-order valence-electron chi connectivity index (χ2n) is 3.84. The minimum absolute atomic E-state index is 0.00566. The Labute approximate surface area is 132 Å². The maximum atomic E-state index is 13.4. The van der Waals surface area contributed by atoms with Gasteiger partial charge in [0.1, 0.15) is 5.82 Å². The molecule has 0 radical (unpaired) electrons.